The third-order valence-electron chi connectivity index (χ3n) is 10.9. The van der Waals surface area contributed by atoms with Gasteiger partial charge in [0, 0.05) is 78.6 Å². The number of carbonyl (C=O) groups is 1. The molecule has 0 N–H and O–H groups in total. The van der Waals surface area contributed by atoms with Gasteiger partial charge in [0.05, 0.1) is 10.5 Å². The van der Waals surface area contributed by atoms with Crippen molar-refractivity contribution in [2.75, 3.05) is 44.2 Å². The summed E-state index contributed by atoms with van der Waals surface area (Å²) in [7, 11) is 0. The van der Waals surface area contributed by atoms with E-state index in [0.29, 0.717) is 31.6 Å². The van der Waals surface area contributed by atoms with Crippen LogP contribution < -0.4 is 35.2 Å². The number of amides is 1. The number of nitro groups is 1. The van der Waals surface area contributed by atoms with E-state index in [2.05, 4.69) is 62.3 Å². The lowest BCUT2D eigenvalue weighted by atomic mass is 9.93. The lowest BCUT2D eigenvalue weighted by Gasteiger charge is -2.36. The van der Waals surface area contributed by atoms with Crippen molar-refractivity contribution in [3.8, 4) is 17.2 Å². The van der Waals surface area contributed by atoms with Gasteiger partial charge in [0.25, 0.3) is 5.91 Å². The average molecular weight is 738 g/mol. The fourth-order valence-corrected chi connectivity index (χ4v) is 8.23. The number of hydrogen-bond donors (Lipinski definition) is 0. The van der Waals surface area contributed by atoms with Gasteiger partial charge < -0.3 is 23.7 Å². The van der Waals surface area contributed by atoms with Gasteiger partial charge in [0.2, 0.25) is 10.9 Å². The zero-order valence-corrected chi connectivity index (χ0v) is 29.5. The number of aryl methyl sites for hydroxylation is 1. The molecule has 55 heavy (non-hydrogen) atoms. The number of hydrogen-bond acceptors (Lipinski definition) is 11. The van der Waals surface area contributed by atoms with Gasteiger partial charge in [-0.1, -0.05) is 0 Å². The molecule has 0 bridgehead atoms. The molecule has 6 aromatic rings. The number of allylic oxidation sites excluding steroid dienone is 1. The van der Waals surface area contributed by atoms with E-state index in [1.54, 1.807) is 17.0 Å². The Morgan fingerprint density at radius 3 is 2.51 bits per heavy atom. The molecule has 1 saturated heterocycles. The molecule has 274 valence electrons. The molecule has 4 aliphatic heterocycles. The molecule has 14 nitrogen and oxygen atoms in total. The molecule has 1 fully saturated rings. The number of nitrogens with zero attached hydrogens (tertiary/aromatic N) is 6. The Bertz CT molecular complexity index is 2810. The lowest BCUT2D eigenvalue weighted by Crippen LogP contribution is -2.49. The molecule has 10 rings (SSSR count). The van der Waals surface area contributed by atoms with Crippen molar-refractivity contribution in [3.05, 3.63) is 126 Å². The number of piperazine rings is 1. The second kappa shape index (κ2) is 12.9. The topological polar surface area (TPSA) is 157 Å². The molecule has 0 radical (unpaired) electrons. The predicted octanol–water partition coefficient (Wildman–Crippen LogP) is 4.59. The maximum atomic E-state index is 13.6. The first kappa shape index (κ1) is 32.8. The number of anilines is 1. The van der Waals surface area contributed by atoms with Gasteiger partial charge in [-0.05, 0) is 89.9 Å². The highest BCUT2D eigenvalue weighted by Gasteiger charge is 2.29. The van der Waals surface area contributed by atoms with Crippen molar-refractivity contribution in [1.82, 2.24) is 19.8 Å². The molecule has 4 aromatic carbocycles. The highest BCUT2D eigenvalue weighted by atomic mass is 16.6. The summed E-state index contributed by atoms with van der Waals surface area (Å²) in [6.45, 7) is 4.33. The molecule has 0 aliphatic carbocycles. The van der Waals surface area contributed by atoms with Gasteiger partial charge in [0.1, 0.15) is 41.5 Å². The zero-order chi connectivity index (χ0) is 37.2. The quantitative estimate of drug-likeness (QED) is 0.102. The minimum absolute atomic E-state index is 0.0498. The second-order valence-corrected chi connectivity index (χ2v) is 14.2. The van der Waals surface area contributed by atoms with Gasteiger partial charge in [-0.25, -0.2) is 14.0 Å². The minimum atomic E-state index is -0.758. The maximum Gasteiger partial charge on any atom is 0.349 e. The number of aromatic nitrogens is 2. The summed E-state index contributed by atoms with van der Waals surface area (Å²) in [5.74, 6) is 1.90. The number of nitro benzene ring substituents is 1. The Kier molecular flexibility index (Phi) is 7.71. The van der Waals surface area contributed by atoms with E-state index in [-0.39, 0.29) is 45.3 Å². The first-order chi connectivity index (χ1) is 26.9. The molecule has 4 aliphatic rings. The smallest absolute Gasteiger partial charge is 0.349 e. The minimum Gasteiger partial charge on any atom is -0.456 e. The fraction of sp³-hybridized carbons (Fsp3) is 0.244. The van der Waals surface area contributed by atoms with Gasteiger partial charge in [-0.15, -0.1) is 0 Å². The Morgan fingerprint density at radius 2 is 1.69 bits per heavy atom. The fourth-order valence-electron chi connectivity index (χ4n) is 8.23. The van der Waals surface area contributed by atoms with Crippen LogP contribution in [0.5, 0.6) is 17.2 Å². The van der Waals surface area contributed by atoms with E-state index in [0.717, 1.165) is 55.1 Å². The van der Waals surface area contributed by atoms with E-state index in [1.807, 2.05) is 0 Å². The standard InChI is InChI=1S/C41H33N6O8/c48-40(31-22-25-7-11-29(23-35(25)54-41(31)49)52-34-14-12-32(47(50)51)36-37(34)43-55-42-36)46-19-17-44(18-20-46)28-9-5-24(6-10-28)33-13-8-27-21-26-3-1-15-45-16-2-4-30(38(26)45)39(27)53-33/h5-14,21-23H,1-4,15-20H2/q+1. The van der Waals surface area contributed by atoms with Crippen LogP contribution in [0.4, 0.5) is 11.4 Å². The number of carbonyl (C=O) groups excluding carboxylic acids is 1. The molecule has 1 amide bonds. The lowest BCUT2D eigenvalue weighted by molar-refractivity contribution is -0.383. The van der Waals surface area contributed by atoms with Crippen molar-refractivity contribution in [2.45, 2.75) is 25.7 Å². The molecule has 14 heteroatoms. The van der Waals surface area contributed by atoms with Gasteiger partial charge in [0.15, 0.2) is 11.3 Å². The highest BCUT2D eigenvalue weighted by Crippen LogP contribution is 2.34. The summed E-state index contributed by atoms with van der Waals surface area (Å²) in [5.41, 5.74) is 4.00. The Balaban J connectivity index is 0.807. The maximum absolute atomic E-state index is 13.6. The summed E-state index contributed by atoms with van der Waals surface area (Å²) >= 11 is 0. The first-order valence-electron chi connectivity index (χ1n) is 18.3. The van der Waals surface area contributed by atoms with E-state index >= 15 is 0 Å². The van der Waals surface area contributed by atoms with Crippen LogP contribution in [0.25, 0.3) is 33.8 Å². The van der Waals surface area contributed by atoms with E-state index in [4.69, 9.17) is 18.5 Å². The average Bonchev–Trinajstić information content (AvgIpc) is 3.71. The molecule has 0 spiro atoms. The van der Waals surface area contributed by atoms with Crippen LogP contribution in [0.15, 0.2) is 86.6 Å². The van der Waals surface area contributed by atoms with Crippen LogP contribution in [0, 0.1) is 10.1 Å². The molecule has 2 aromatic heterocycles. The third-order valence-corrected chi connectivity index (χ3v) is 10.9. The van der Waals surface area contributed by atoms with Crippen molar-refractivity contribution < 1.29 is 28.2 Å². The van der Waals surface area contributed by atoms with E-state index in [9.17, 15) is 19.7 Å². The monoisotopic (exact) mass is 737 g/mol. The molecular weight excluding hydrogens is 704 g/mol. The summed E-state index contributed by atoms with van der Waals surface area (Å²) in [6, 6.07) is 19.6. The first-order valence-corrected chi connectivity index (χ1v) is 18.3. The Labute approximate surface area is 311 Å². The number of ether oxygens (including phenoxy) is 2. The van der Waals surface area contributed by atoms with Crippen molar-refractivity contribution in [3.63, 3.8) is 0 Å². The van der Waals surface area contributed by atoms with Crippen molar-refractivity contribution >= 4 is 51.1 Å². The zero-order valence-electron chi connectivity index (χ0n) is 29.5. The van der Waals surface area contributed by atoms with Crippen LogP contribution in [0.2, 0.25) is 0 Å². The van der Waals surface area contributed by atoms with Crippen LogP contribution >= 0.6 is 0 Å². The highest BCUT2D eigenvalue weighted by molar-refractivity contribution is 5.97. The number of non-ortho nitro benzene ring substituents is 1. The summed E-state index contributed by atoms with van der Waals surface area (Å²) in [5, 5.41) is 21.8. The number of rotatable bonds is 6. The summed E-state index contributed by atoms with van der Waals surface area (Å²) in [4.78, 5) is 41.3. The van der Waals surface area contributed by atoms with Gasteiger partial charge in [-0.2, -0.15) is 0 Å². The third kappa shape index (κ3) is 5.68. The number of fused-ring (bicyclic) bond motifs is 4. The Morgan fingerprint density at radius 1 is 0.891 bits per heavy atom. The van der Waals surface area contributed by atoms with Gasteiger partial charge >= 0.3 is 11.3 Å². The van der Waals surface area contributed by atoms with E-state index < -0.39 is 10.5 Å². The SMILES string of the molecule is O=C(c1cc2ccc(Oc3ccc([N+](=O)[O-])c4nonc34)cc2oc1=O)N1CCN(c2ccc(C3=CC=c4cc5c6c(c4O3)CCC[N+]=6CCC5)cc2)CC1. The van der Waals surface area contributed by atoms with Crippen LogP contribution in [0.3, 0.4) is 0 Å². The van der Waals surface area contributed by atoms with Crippen LogP contribution in [-0.2, 0) is 12.8 Å². The normalized spacial score (nSPS) is 16.2. The molecule has 0 atom stereocenters. The second-order valence-electron chi connectivity index (χ2n) is 14.2. The predicted molar refractivity (Wildman–Crippen MR) is 202 cm³/mol. The molecular formula is C41H33N6O8+. The van der Waals surface area contributed by atoms with Gasteiger partial charge in [-0.3, -0.25) is 14.9 Å². The Hall–Kier alpha value is -6.83. The molecule has 6 heterocycles. The summed E-state index contributed by atoms with van der Waals surface area (Å²) < 4.78 is 25.3. The van der Waals surface area contributed by atoms with Crippen molar-refractivity contribution in [1.29, 1.82) is 0 Å². The van der Waals surface area contributed by atoms with Crippen LogP contribution in [-0.4, -0.2) is 65.3 Å². The molecule has 0 saturated carbocycles. The number of benzene rings is 4. The van der Waals surface area contributed by atoms with Crippen LogP contribution in [0.1, 0.15) is 39.9 Å². The summed E-state index contributed by atoms with van der Waals surface area (Å²) in [6.07, 6.45) is 8.77. The molecule has 0 unspecified atom stereocenters. The largest absolute Gasteiger partial charge is 0.456 e. The van der Waals surface area contributed by atoms with Crippen molar-refractivity contribution in [2.24, 2.45) is 0 Å². The van der Waals surface area contributed by atoms with E-state index in [1.165, 1.54) is 52.4 Å².